The fraction of sp³-hybridized carbons (Fsp3) is 0.400. The molecule has 0 saturated carbocycles. The lowest BCUT2D eigenvalue weighted by molar-refractivity contribution is -0.0702. The normalized spacial score (nSPS) is 23.6. The number of aliphatic hydroxyl groups is 2. The molecule has 2 heterocycles. The molecule has 0 bridgehead atoms. The third-order valence-corrected chi connectivity index (χ3v) is 12.0. The number of nitrogens with zero attached hydrogens (tertiary/aromatic N) is 1. The van der Waals surface area contributed by atoms with E-state index in [4.69, 9.17) is 0 Å². The molecule has 0 radical (unpaired) electrons. The first-order valence-electron chi connectivity index (χ1n) is 20.1. The monoisotopic (exact) mass is 722 g/mol. The summed E-state index contributed by atoms with van der Waals surface area (Å²) in [6.45, 7) is 14.0. The van der Waals surface area contributed by atoms with Gasteiger partial charge in [-0.3, -0.25) is 4.90 Å². The van der Waals surface area contributed by atoms with Gasteiger partial charge in [-0.1, -0.05) is 186 Å². The zero-order valence-electron chi connectivity index (χ0n) is 33.1. The second-order valence-electron chi connectivity index (χ2n) is 17.3. The van der Waals surface area contributed by atoms with Crippen molar-refractivity contribution in [3.05, 3.63) is 179 Å². The van der Waals surface area contributed by atoms with Crippen LogP contribution in [0.5, 0.6) is 0 Å². The molecule has 0 amide bonds. The Morgan fingerprint density at radius 1 is 0.593 bits per heavy atom. The third kappa shape index (κ3) is 9.59. The molecule has 4 atom stereocenters. The van der Waals surface area contributed by atoms with Crippen LogP contribution in [0.1, 0.15) is 100.0 Å². The van der Waals surface area contributed by atoms with Gasteiger partial charge in [-0.25, -0.2) is 0 Å². The Balaban J connectivity index is 0.000000189. The molecule has 2 aliphatic rings. The van der Waals surface area contributed by atoms with Crippen molar-refractivity contribution in [1.29, 1.82) is 0 Å². The predicted molar refractivity (Wildman–Crippen MR) is 225 cm³/mol. The van der Waals surface area contributed by atoms with Crippen molar-refractivity contribution in [3.8, 4) is 0 Å². The first-order valence-corrected chi connectivity index (χ1v) is 20.1. The topological polar surface area (TPSA) is 55.7 Å². The lowest BCUT2D eigenvalue weighted by Gasteiger charge is -2.49. The van der Waals surface area contributed by atoms with Gasteiger partial charge in [0.05, 0.1) is 11.2 Å². The van der Waals surface area contributed by atoms with E-state index in [1.165, 1.54) is 27.8 Å². The van der Waals surface area contributed by atoms with Crippen LogP contribution in [-0.4, -0.2) is 51.5 Å². The van der Waals surface area contributed by atoms with Crippen LogP contribution in [0.2, 0.25) is 0 Å². The van der Waals surface area contributed by atoms with Crippen molar-refractivity contribution in [2.24, 2.45) is 11.3 Å². The van der Waals surface area contributed by atoms with Crippen molar-refractivity contribution in [2.45, 2.75) is 102 Å². The molecular weight excluding hydrogens is 661 g/mol. The van der Waals surface area contributed by atoms with Crippen LogP contribution >= 0.6 is 0 Å². The van der Waals surface area contributed by atoms with E-state index in [0.29, 0.717) is 18.0 Å². The summed E-state index contributed by atoms with van der Waals surface area (Å²) in [7, 11) is 0. The summed E-state index contributed by atoms with van der Waals surface area (Å²) in [6.07, 6.45) is 3.10. The fourth-order valence-corrected chi connectivity index (χ4v) is 9.10. The van der Waals surface area contributed by atoms with Crippen LogP contribution in [0.4, 0.5) is 0 Å². The zero-order chi connectivity index (χ0) is 38.2. The molecule has 2 saturated heterocycles. The SMILES string of the molecule is CC(C)(C)C1CC(O)(C(c2ccccc2)c2ccccc2)CCN1.CC(C)C1CC(O)(C(c2ccccc2)c2ccccc2)CCN1Cc1ccccc1. The lowest BCUT2D eigenvalue weighted by Crippen LogP contribution is -2.55. The summed E-state index contributed by atoms with van der Waals surface area (Å²) in [4.78, 5) is 2.57. The standard InChI is InChI=1S/C28H33NO.C22H29NO/c1-22(2)26-20-28(30,18-19-29(26)21-23-12-6-3-7-13-23)27(24-14-8-4-9-15-24)25-16-10-5-11-17-25;1-21(2,3)19-16-22(24,14-15-23-19)20(17-10-6-4-7-11-17)18-12-8-5-9-13-18/h3-17,22,26-27,30H,18-21H2,1-2H3;4-13,19-20,23-24H,14-16H2,1-3H3. The van der Waals surface area contributed by atoms with E-state index < -0.39 is 11.2 Å². The minimum Gasteiger partial charge on any atom is -0.389 e. The van der Waals surface area contributed by atoms with Gasteiger partial charge >= 0.3 is 0 Å². The number of benzene rings is 5. The maximum atomic E-state index is 12.1. The first kappa shape index (κ1) is 39.6. The highest BCUT2D eigenvalue weighted by Crippen LogP contribution is 2.45. The Morgan fingerprint density at radius 2 is 0.981 bits per heavy atom. The van der Waals surface area contributed by atoms with E-state index in [1.807, 2.05) is 12.1 Å². The molecule has 5 aromatic rings. The van der Waals surface area contributed by atoms with Gasteiger partial charge in [0.1, 0.15) is 0 Å². The fourth-order valence-electron chi connectivity index (χ4n) is 9.10. The summed E-state index contributed by atoms with van der Waals surface area (Å²) < 4.78 is 0. The van der Waals surface area contributed by atoms with Crippen molar-refractivity contribution in [2.75, 3.05) is 13.1 Å². The van der Waals surface area contributed by atoms with Gasteiger partial charge in [0.25, 0.3) is 0 Å². The van der Waals surface area contributed by atoms with Crippen molar-refractivity contribution in [1.82, 2.24) is 10.2 Å². The van der Waals surface area contributed by atoms with E-state index in [9.17, 15) is 10.2 Å². The number of likely N-dealkylation sites (tertiary alicyclic amines) is 1. The molecule has 0 aliphatic carbocycles. The molecule has 284 valence electrons. The van der Waals surface area contributed by atoms with Gasteiger partial charge in [0.15, 0.2) is 0 Å². The van der Waals surface area contributed by atoms with Crippen LogP contribution in [0.3, 0.4) is 0 Å². The third-order valence-electron chi connectivity index (χ3n) is 12.0. The Kier molecular flexibility index (Phi) is 12.9. The summed E-state index contributed by atoms with van der Waals surface area (Å²) in [6, 6.07) is 53.4. The number of rotatable bonds is 9. The average Bonchev–Trinajstić information content (AvgIpc) is 3.18. The lowest BCUT2D eigenvalue weighted by atomic mass is 9.67. The molecule has 54 heavy (non-hydrogen) atoms. The smallest absolute Gasteiger partial charge is 0.0783 e. The quantitative estimate of drug-likeness (QED) is 0.142. The second kappa shape index (κ2) is 17.6. The van der Waals surface area contributed by atoms with Gasteiger partial charge in [0.2, 0.25) is 0 Å². The van der Waals surface area contributed by atoms with Crippen LogP contribution in [0, 0.1) is 11.3 Å². The van der Waals surface area contributed by atoms with Crippen LogP contribution in [0.15, 0.2) is 152 Å². The van der Waals surface area contributed by atoms with Crippen molar-refractivity contribution in [3.63, 3.8) is 0 Å². The molecule has 0 spiro atoms. The Morgan fingerprint density at radius 3 is 1.37 bits per heavy atom. The molecule has 4 unspecified atom stereocenters. The number of piperidine rings is 2. The van der Waals surface area contributed by atoms with Gasteiger partial charge in [-0.15, -0.1) is 0 Å². The molecule has 3 N–H and O–H groups in total. The molecule has 7 rings (SSSR count). The van der Waals surface area contributed by atoms with Crippen molar-refractivity contribution < 1.29 is 10.2 Å². The van der Waals surface area contributed by atoms with Gasteiger partial charge in [0, 0.05) is 37.0 Å². The van der Waals surface area contributed by atoms with E-state index in [0.717, 1.165) is 45.3 Å². The first-order chi connectivity index (χ1) is 26.0. The molecular formula is C50H62N2O2. The largest absolute Gasteiger partial charge is 0.389 e. The van der Waals surface area contributed by atoms with Crippen molar-refractivity contribution >= 4 is 0 Å². The second-order valence-corrected chi connectivity index (χ2v) is 17.3. The maximum absolute atomic E-state index is 12.1. The Hall–Kier alpha value is -4.06. The minimum atomic E-state index is -0.759. The number of nitrogens with one attached hydrogen (secondary N) is 1. The highest BCUT2D eigenvalue weighted by Gasteiger charge is 2.47. The highest BCUT2D eigenvalue weighted by atomic mass is 16.3. The number of hydrogen-bond donors (Lipinski definition) is 3. The Labute approximate surface area is 325 Å². The van der Waals surface area contributed by atoms with Gasteiger partial charge in [-0.2, -0.15) is 0 Å². The van der Waals surface area contributed by atoms with E-state index in [-0.39, 0.29) is 17.3 Å². The van der Waals surface area contributed by atoms with E-state index >= 15 is 0 Å². The average molecular weight is 723 g/mol. The minimum absolute atomic E-state index is 0.00634. The maximum Gasteiger partial charge on any atom is 0.0783 e. The summed E-state index contributed by atoms with van der Waals surface area (Å²) in [5.41, 5.74) is 4.77. The summed E-state index contributed by atoms with van der Waals surface area (Å²) in [5, 5.41) is 27.5. The molecule has 2 fully saturated rings. The van der Waals surface area contributed by atoms with E-state index in [2.05, 4.69) is 184 Å². The number of hydrogen-bond acceptors (Lipinski definition) is 4. The predicted octanol–water partition coefficient (Wildman–Crippen LogP) is 10.2. The van der Waals surface area contributed by atoms with E-state index in [1.54, 1.807) is 0 Å². The summed E-state index contributed by atoms with van der Waals surface area (Å²) >= 11 is 0. The zero-order valence-corrected chi connectivity index (χ0v) is 33.1. The van der Waals surface area contributed by atoms with Crippen LogP contribution in [0.25, 0.3) is 0 Å². The molecule has 0 aromatic heterocycles. The molecule has 2 aliphatic heterocycles. The molecule has 5 aromatic carbocycles. The van der Waals surface area contributed by atoms with Crippen LogP contribution in [-0.2, 0) is 6.54 Å². The van der Waals surface area contributed by atoms with Crippen LogP contribution < -0.4 is 5.32 Å². The van der Waals surface area contributed by atoms with Gasteiger partial charge in [-0.05, 0) is 71.4 Å². The molecule has 4 heteroatoms. The summed E-state index contributed by atoms with van der Waals surface area (Å²) in [5.74, 6) is 0.472. The Bertz CT molecular complexity index is 1750. The highest BCUT2D eigenvalue weighted by molar-refractivity contribution is 5.38. The van der Waals surface area contributed by atoms with Gasteiger partial charge < -0.3 is 15.5 Å². The molecule has 4 nitrogen and oxygen atoms in total.